The number of hydrogen-bond acceptors (Lipinski definition) is 3. The molecule has 6 heteroatoms. The van der Waals surface area contributed by atoms with E-state index >= 15 is 0 Å². The molecular formula is C13H11BrClN3O. The van der Waals surface area contributed by atoms with Crippen LogP contribution in [0, 0.1) is 6.92 Å². The van der Waals surface area contributed by atoms with Gasteiger partial charge in [-0.25, -0.2) is 4.98 Å². The Morgan fingerprint density at radius 2 is 2.11 bits per heavy atom. The highest BCUT2D eigenvalue weighted by molar-refractivity contribution is 9.10. The van der Waals surface area contributed by atoms with Crippen LogP contribution in [0.1, 0.15) is 15.9 Å². The Kier molecular flexibility index (Phi) is 4.07. The molecule has 0 atom stereocenters. The van der Waals surface area contributed by atoms with Gasteiger partial charge in [0.05, 0.1) is 10.6 Å². The number of aryl methyl sites for hydroxylation is 1. The van der Waals surface area contributed by atoms with E-state index in [4.69, 9.17) is 17.3 Å². The molecule has 0 aliphatic carbocycles. The van der Waals surface area contributed by atoms with Gasteiger partial charge in [0, 0.05) is 16.4 Å². The highest BCUT2D eigenvalue weighted by Gasteiger charge is 2.12. The van der Waals surface area contributed by atoms with E-state index in [1.54, 1.807) is 0 Å². The molecule has 2 rings (SSSR count). The van der Waals surface area contributed by atoms with Crippen molar-refractivity contribution in [2.75, 3.05) is 11.1 Å². The zero-order chi connectivity index (χ0) is 14.0. The highest BCUT2D eigenvalue weighted by Crippen LogP contribution is 2.22. The monoisotopic (exact) mass is 339 g/mol. The van der Waals surface area contributed by atoms with Gasteiger partial charge in [-0.1, -0.05) is 27.5 Å². The number of benzene rings is 1. The van der Waals surface area contributed by atoms with Crippen molar-refractivity contribution in [2.45, 2.75) is 6.92 Å². The first-order chi connectivity index (χ1) is 8.95. The molecule has 4 nitrogen and oxygen atoms in total. The average molecular weight is 341 g/mol. The number of amides is 1. The Labute approximate surface area is 124 Å². The second kappa shape index (κ2) is 5.59. The molecule has 0 aliphatic rings. The summed E-state index contributed by atoms with van der Waals surface area (Å²) in [6.45, 7) is 1.94. The maximum atomic E-state index is 12.1. The molecule has 0 saturated carbocycles. The van der Waals surface area contributed by atoms with Crippen molar-refractivity contribution in [3.8, 4) is 0 Å². The Hall–Kier alpha value is -1.59. The number of aromatic nitrogens is 1. The molecule has 98 valence electrons. The van der Waals surface area contributed by atoms with E-state index in [1.165, 1.54) is 12.3 Å². The normalized spacial score (nSPS) is 10.3. The molecule has 0 spiro atoms. The molecule has 0 unspecified atom stereocenters. The van der Waals surface area contributed by atoms with Gasteiger partial charge in [-0.15, -0.1) is 0 Å². The van der Waals surface area contributed by atoms with Gasteiger partial charge in [-0.3, -0.25) is 4.79 Å². The predicted octanol–water partition coefficient (Wildman–Crippen LogP) is 3.64. The lowest BCUT2D eigenvalue weighted by Gasteiger charge is -2.08. The van der Waals surface area contributed by atoms with Crippen molar-refractivity contribution in [3.63, 3.8) is 0 Å². The van der Waals surface area contributed by atoms with E-state index in [0.717, 1.165) is 10.0 Å². The van der Waals surface area contributed by atoms with Crippen molar-refractivity contribution >= 4 is 44.9 Å². The second-order valence-electron chi connectivity index (χ2n) is 4.06. The Bertz CT molecular complexity index is 626. The van der Waals surface area contributed by atoms with Crippen molar-refractivity contribution < 1.29 is 4.79 Å². The average Bonchev–Trinajstić information content (AvgIpc) is 2.30. The third kappa shape index (κ3) is 3.45. The third-order valence-electron chi connectivity index (χ3n) is 2.42. The zero-order valence-corrected chi connectivity index (χ0v) is 12.4. The number of nitrogen functional groups attached to an aromatic ring is 1. The van der Waals surface area contributed by atoms with Crippen molar-refractivity contribution in [1.82, 2.24) is 4.98 Å². The summed E-state index contributed by atoms with van der Waals surface area (Å²) < 4.78 is 0.892. The standard InChI is InChI=1S/C13H11BrClN3O/c1-7-2-8(14)4-9(3-7)18-13(19)10-5-12(16)17-6-11(10)15/h2-6H,1H3,(H2,16,17)(H,18,19). The lowest BCUT2D eigenvalue weighted by atomic mass is 10.2. The van der Waals surface area contributed by atoms with Crippen LogP contribution in [0.4, 0.5) is 11.5 Å². The van der Waals surface area contributed by atoms with E-state index < -0.39 is 0 Å². The fourth-order valence-corrected chi connectivity index (χ4v) is 2.43. The molecule has 0 bridgehead atoms. The van der Waals surface area contributed by atoms with Gasteiger partial charge in [0.15, 0.2) is 0 Å². The van der Waals surface area contributed by atoms with Crippen molar-refractivity contribution in [1.29, 1.82) is 0 Å². The Balaban J connectivity index is 2.28. The summed E-state index contributed by atoms with van der Waals surface area (Å²) in [4.78, 5) is 15.9. The van der Waals surface area contributed by atoms with E-state index in [9.17, 15) is 4.79 Å². The van der Waals surface area contributed by atoms with Crippen LogP contribution in [-0.2, 0) is 0 Å². The van der Waals surface area contributed by atoms with Gasteiger partial charge in [0.2, 0.25) is 0 Å². The first-order valence-electron chi connectivity index (χ1n) is 5.45. The van der Waals surface area contributed by atoms with Crippen LogP contribution >= 0.6 is 27.5 Å². The molecule has 3 N–H and O–H groups in total. The van der Waals surface area contributed by atoms with Crippen LogP contribution in [0.5, 0.6) is 0 Å². The summed E-state index contributed by atoms with van der Waals surface area (Å²) in [6, 6.07) is 7.07. The largest absolute Gasteiger partial charge is 0.384 e. The number of halogens is 2. The predicted molar refractivity (Wildman–Crippen MR) is 80.5 cm³/mol. The number of pyridine rings is 1. The molecule has 0 fully saturated rings. The van der Waals surface area contributed by atoms with Gasteiger partial charge in [-0.05, 0) is 36.8 Å². The number of carbonyl (C=O) groups excluding carboxylic acids is 1. The van der Waals surface area contributed by atoms with Gasteiger partial charge in [-0.2, -0.15) is 0 Å². The lowest BCUT2D eigenvalue weighted by molar-refractivity contribution is 0.102. The van der Waals surface area contributed by atoms with E-state index in [-0.39, 0.29) is 16.7 Å². The van der Waals surface area contributed by atoms with Gasteiger partial charge in [0.25, 0.3) is 5.91 Å². The number of nitrogens with one attached hydrogen (secondary N) is 1. The molecule has 0 radical (unpaired) electrons. The van der Waals surface area contributed by atoms with Crippen LogP contribution in [-0.4, -0.2) is 10.9 Å². The maximum Gasteiger partial charge on any atom is 0.257 e. The van der Waals surface area contributed by atoms with Crippen molar-refractivity contribution in [2.24, 2.45) is 0 Å². The molecule has 0 saturated heterocycles. The summed E-state index contributed by atoms with van der Waals surface area (Å²) in [5.74, 6) is -0.0726. The smallest absolute Gasteiger partial charge is 0.257 e. The fraction of sp³-hybridized carbons (Fsp3) is 0.0769. The number of anilines is 2. The molecule has 1 aromatic carbocycles. The highest BCUT2D eigenvalue weighted by atomic mass is 79.9. The molecule has 0 aliphatic heterocycles. The summed E-state index contributed by atoms with van der Waals surface area (Å²) in [5.41, 5.74) is 7.56. The number of nitrogens with zero attached hydrogens (tertiary/aromatic N) is 1. The van der Waals surface area contributed by atoms with Crippen LogP contribution < -0.4 is 11.1 Å². The minimum absolute atomic E-state index is 0.250. The molecular weight excluding hydrogens is 330 g/mol. The summed E-state index contributed by atoms with van der Waals surface area (Å²) in [5, 5.41) is 3.03. The summed E-state index contributed by atoms with van der Waals surface area (Å²) in [6.07, 6.45) is 1.36. The first-order valence-corrected chi connectivity index (χ1v) is 6.62. The van der Waals surface area contributed by atoms with Crippen molar-refractivity contribution in [3.05, 3.63) is 51.1 Å². The number of nitrogens with two attached hydrogens (primary N) is 1. The Morgan fingerprint density at radius 1 is 1.37 bits per heavy atom. The molecule has 1 amide bonds. The zero-order valence-electron chi connectivity index (χ0n) is 10.1. The van der Waals surface area contributed by atoms with Gasteiger partial charge >= 0.3 is 0 Å². The number of carbonyl (C=O) groups is 1. The molecule has 2 aromatic rings. The minimum Gasteiger partial charge on any atom is -0.384 e. The van der Waals surface area contributed by atoms with Crippen LogP contribution in [0.15, 0.2) is 34.9 Å². The molecule has 1 aromatic heterocycles. The first kappa shape index (κ1) is 13.8. The fourth-order valence-electron chi connectivity index (χ4n) is 1.64. The van der Waals surface area contributed by atoms with E-state index in [2.05, 4.69) is 26.2 Å². The van der Waals surface area contributed by atoms with E-state index in [0.29, 0.717) is 11.3 Å². The SMILES string of the molecule is Cc1cc(Br)cc(NC(=O)c2cc(N)ncc2Cl)c1. The maximum absolute atomic E-state index is 12.1. The summed E-state index contributed by atoms with van der Waals surface area (Å²) >= 11 is 9.31. The van der Waals surface area contributed by atoms with Crippen LogP contribution in [0.3, 0.4) is 0 Å². The quantitative estimate of drug-likeness (QED) is 0.877. The Morgan fingerprint density at radius 3 is 2.79 bits per heavy atom. The second-order valence-corrected chi connectivity index (χ2v) is 5.38. The third-order valence-corrected chi connectivity index (χ3v) is 3.18. The van der Waals surface area contributed by atoms with Gasteiger partial charge in [0.1, 0.15) is 5.82 Å². The minimum atomic E-state index is -0.323. The van der Waals surface area contributed by atoms with E-state index in [1.807, 2.05) is 25.1 Å². The molecule has 1 heterocycles. The number of rotatable bonds is 2. The van der Waals surface area contributed by atoms with Gasteiger partial charge < -0.3 is 11.1 Å². The number of hydrogen-bond donors (Lipinski definition) is 2. The van der Waals surface area contributed by atoms with Crippen LogP contribution in [0.2, 0.25) is 5.02 Å². The summed E-state index contributed by atoms with van der Waals surface area (Å²) in [7, 11) is 0. The lowest BCUT2D eigenvalue weighted by Crippen LogP contribution is -2.13. The van der Waals surface area contributed by atoms with Crippen LogP contribution in [0.25, 0.3) is 0 Å². The topological polar surface area (TPSA) is 68.0 Å². The molecule has 19 heavy (non-hydrogen) atoms.